The summed E-state index contributed by atoms with van der Waals surface area (Å²) in [7, 11) is -2.15. The first-order valence-electron chi connectivity index (χ1n) is 7.28. The summed E-state index contributed by atoms with van der Waals surface area (Å²) in [5.74, 6) is -0.486. The second-order valence-electron chi connectivity index (χ2n) is 5.12. The van der Waals surface area contributed by atoms with Gasteiger partial charge in [0.05, 0.1) is 17.1 Å². The average Bonchev–Trinajstić information content (AvgIpc) is 2.55. The number of hydrogen-bond donors (Lipinski definition) is 1. The normalized spacial score (nSPS) is 11.1. The number of carbonyl (C=O) groups excluding carboxylic acids is 1. The van der Waals surface area contributed by atoms with Crippen molar-refractivity contribution >= 4 is 21.7 Å². The van der Waals surface area contributed by atoms with Crippen molar-refractivity contribution < 1.29 is 22.7 Å². The number of aryl methyl sites for hydroxylation is 1. The zero-order valence-corrected chi connectivity index (χ0v) is 14.3. The second-order valence-corrected chi connectivity index (χ2v) is 6.81. The van der Waals surface area contributed by atoms with Crippen LogP contribution in [0.4, 0.5) is 5.69 Å². The molecular formula is C17H19NO5S. The Kier molecular flexibility index (Phi) is 5.94. The average molecular weight is 349 g/mol. The summed E-state index contributed by atoms with van der Waals surface area (Å²) in [5.41, 5.74) is 1.68. The van der Waals surface area contributed by atoms with Gasteiger partial charge in [0.15, 0.2) is 0 Å². The van der Waals surface area contributed by atoms with Gasteiger partial charge in [0, 0.05) is 12.8 Å². The lowest BCUT2D eigenvalue weighted by Gasteiger charge is -2.09. The van der Waals surface area contributed by atoms with E-state index in [4.69, 9.17) is 9.47 Å². The lowest BCUT2D eigenvalue weighted by atomic mass is 10.2. The standard InChI is InChI=1S/C17H19NO5S/c1-13-3-9-16(10-4-13)24(20,21)18-15-7-5-14(6-8-15)17(19)23-12-11-22-2/h3-10,18H,11-12H2,1-2H3. The molecule has 0 aliphatic heterocycles. The van der Waals surface area contributed by atoms with E-state index in [9.17, 15) is 13.2 Å². The van der Waals surface area contributed by atoms with Crippen molar-refractivity contribution in [3.63, 3.8) is 0 Å². The Labute approximate surface area is 141 Å². The highest BCUT2D eigenvalue weighted by Crippen LogP contribution is 2.17. The lowest BCUT2D eigenvalue weighted by molar-refractivity contribution is 0.0388. The van der Waals surface area contributed by atoms with Crippen LogP contribution in [0.15, 0.2) is 53.4 Å². The topological polar surface area (TPSA) is 81.7 Å². The van der Waals surface area contributed by atoms with Crippen LogP contribution in [0.3, 0.4) is 0 Å². The molecule has 0 aliphatic rings. The number of nitrogens with one attached hydrogen (secondary N) is 1. The lowest BCUT2D eigenvalue weighted by Crippen LogP contribution is -2.13. The summed E-state index contributed by atoms with van der Waals surface area (Å²) in [5, 5.41) is 0. The fourth-order valence-corrected chi connectivity index (χ4v) is 2.97. The SMILES string of the molecule is COCCOC(=O)c1ccc(NS(=O)(=O)c2ccc(C)cc2)cc1. The van der Waals surface area contributed by atoms with Crippen LogP contribution in [0.2, 0.25) is 0 Å². The number of sulfonamides is 1. The maximum absolute atomic E-state index is 12.3. The molecule has 2 aromatic carbocycles. The second kappa shape index (κ2) is 7.94. The number of anilines is 1. The monoisotopic (exact) mass is 349 g/mol. The van der Waals surface area contributed by atoms with Gasteiger partial charge in [-0.1, -0.05) is 17.7 Å². The van der Waals surface area contributed by atoms with Crippen molar-refractivity contribution in [2.24, 2.45) is 0 Å². The Balaban J connectivity index is 2.05. The summed E-state index contributed by atoms with van der Waals surface area (Å²) >= 11 is 0. The first-order valence-corrected chi connectivity index (χ1v) is 8.76. The molecule has 0 aromatic heterocycles. The molecule has 0 unspecified atom stereocenters. The van der Waals surface area contributed by atoms with Gasteiger partial charge in [-0.15, -0.1) is 0 Å². The number of rotatable bonds is 7. The molecule has 2 rings (SSSR count). The molecule has 0 fully saturated rings. The molecule has 0 amide bonds. The van der Waals surface area contributed by atoms with Crippen LogP contribution in [0.1, 0.15) is 15.9 Å². The number of hydrogen-bond acceptors (Lipinski definition) is 5. The van der Waals surface area contributed by atoms with Gasteiger partial charge in [-0.05, 0) is 43.3 Å². The minimum atomic E-state index is -3.66. The minimum Gasteiger partial charge on any atom is -0.460 e. The zero-order valence-electron chi connectivity index (χ0n) is 13.5. The van der Waals surface area contributed by atoms with E-state index in [1.54, 1.807) is 24.3 Å². The third-order valence-corrected chi connectivity index (χ3v) is 4.62. The molecule has 0 bridgehead atoms. The Hall–Kier alpha value is -2.38. The fourth-order valence-electron chi connectivity index (χ4n) is 1.91. The van der Waals surface area contributed by atoms with Gasteiger partial charge in [-0.3, -0.25) is 4.72 Å². The molecule has 24 heavy (non-hydrogen) atoms. The summed E-state index contributed by atoms with van der Waals surface area (Å²) in [6.07, 6.45) is 0. The first kappa shape index (κ1) is 18.0. The molecule has 0 saturated carbocycles. The highest BCUT2D eigenvalue weighted by Gasteiger charge is 2.14. The molecule has 7 heteroatoms. The maximum Gasteiger partial charge on any atom is 0.338 e. The van der Waals surface area contributed by atoms with Crippen molar-refractivity contribution in [2.75, 3.05) is 25.0 Å². The molecule has 0 spiro atoms. The number of ether oxygens (including phenoxy) is 2. The van der Waals surface area contributed by atoms with E-state index in [2.05, 4.69) is 4.72 Å². The van der Waals surface area contributed by atoms with E-state index >= 15 is 0 Å². The third-order valence-electron chi connectivity index (χ3n) is 3.22. The van der Waals surface area contributed by atoms with Crippen molar-refractivity contribution in [3.8, 4) is 0 Å². The molecule has 0 atom stereocenters. The summed E-state index contributed by atoms with van der Waals surface area (Å²) in [6, 6.07) is 12.6. The molecule has 1 N–H and O–H groups in total. The minimum absolute atomic E-state index is 0.164. The van der Waals surface area contributed by atoms with Gasteiger partial charge in [0.25, 0.3) is 10.0 Å². The Morgan fingerprint density at radius 2 is 1.62 bits per heavy atom. The van der Waals surface area contributed by atoms with Gasteiger partial charge in [0.1, 0.15) is 6.61 Å². The summed E-state index contributed by atoms with van der Waals surface area (Å²) in [6.45, 7) is 2.37. The molecule has 6 nitrogen and oxygen atoms in total. The highest BCUT2D eigenvalue weighted by molar-refractivity contribution is 7.92. The van der Waals surface area contributed by atoms with Gasteiger partial charge >= 0.3 is 5.97 Å². The Morgan fingerprint density at radius 3 is 2.21 bits per heavy atom. The number of methoxy groups -OCH3 is 1. The summed E-state index contributed by atoms with van der Waals surface area (Å²) < 4.78 is 36.8. The van der Waals surface area contributed by atoms with Crippen LogP contribution in [-0.2, 0) is 19.5 Å². The molecule has 0 radical (unpaired) electrons. The van der Waals surface area contributed by atoms with Gasteiger partial charge < -0.3 is 9.47 Å². The largest absolute Gasteiger partial charge is 0.460 e. The molecule has 0 heterocycles. The van der Waals surface area contributed by atoms with E-state index in [-0.39, 0.29) is 11.5 Å². The maximum atomic E-state index is 12.3. The van der Waals surface area contributed by atoms with E-state index in [1.165, 1.54) is 31.4 Å². The van der Waals surface area contributed by atoms with Crippen LogP contribution >= 0.6 is 0 Å². The van der Waals surface area contributed by atoms with Crippen molar-refractivity contribution in [3.05, 3.63) is 59.7 Å². The Morgan fingerprint density at radius 1 is 1.00 bits per heavy atom. The fraction of sp³-hybridized carbons (Fsp3) is 0.235. The van der Waals surface area contributed by atoms with Gasteiger partial charge in [0.2, 0.25) is 0 Å². The smallest absolute Gasteiger partial charge is 0.338 e. The van der Waals surface area contributed by atoms with E-state index in [1.807, 2.05) is 6.92 Å². The molecular weight excluding hydrogens is 330 g/mol. The number of carbonyl (C=O) groups is 1. The van der Waals surface area contributed by atoms with Crippen molar-refractivity contribution in [1.29, 1.82) is 0 Å². The van der Waals surface area contributed by atoms with Gasteiger partial charge in [-0.2, -0.15) is 0 Å². The van der Waals surface area contributed by atoms with Crippen LogP contribution in [0.5, 0.6) is 0 Å². The van der Waals surface area contributed by atoms with Crippen molar-refractivity contribution in [2.45, 2.75) is 11.8 Å². The van der Waals surface area contributed by atoms with Crippen LogP contribution < -0.4 is 4.72 Å². The van der Waals surface area contributed by atoms with Crippen LogP contribution in [-0.4, -0.2) is 34.7 Å². The molecule has 0 aliphatic carbocycles. The van der Waals surface area contributed by atoms with Gasteiger partial charge in [-0.25, -0.2) is 13.2 Å². The van der Waals surface area contributed by atoms with E-state index in [0.717, 1.165) is 5.56 Å². The predicted molar refractivity (Wildman–Crippen MR) is 90.6 cm³/mol. The first-order chi connectivity index (χ1) is 11.4. The number of esters is 1. The van der Waals surface area contributed by atoms with Crippen molar-refractivity contribution in [1.82, 2.24) is 0 Å². The highest BCUT2D eigenvalue weighted by atomic mass is 32.2. The molecule has 0 saturated heterocycles. The predicted octanol–water partition coefficient (Wildman–Crippen LogP) is 2.60. The third kappa shape index (κ3) is 4.81. The molecule has 128 valence electrons. The quantitative estimate of drug-likeness (QED) is 0.614. The Bertz CT molecular complexity index is 783. The molecule has 2 aromatic rings. The van der Waals surface area contributed by atoms with E-state index in [0.29, 0.717) is 17.9 Å². The van der Waals surface area contributed by atoms with E-state index < -0.39 is 16.0 Å². The zero-order chi connectivity index (χ0) is 17.6. The van der Waals surface area contributed by atoms with Crippen LogP contribution in [0.25, 0.3) is 0 Å². The van der Waals surface area contributed by atoms with Crippen LogP contribution in [0, 0.1) is 6.92 Å². The summed E-state index contributed by atoms with van der Waals surface area (Å²) in [4.78, 5) is 11.9. The number of benzene rings is 2.